The lowest BCUT2D eigenvalue weighted by Gasteiger charge is -2.10. The molecule has 9 heteroatoms. The van der Waals surface area contributed by atoms with Crippen molar-refractivity contribution >= 4 is 21.7 Å². The highest BCUT2D eigenvalue weighted by Gasteiger charge is 2.23. The van der Waals surface area contributed by atoms with Gasteiger partial charge in [0, 0.05) is 11.9 Å². The maximum Gasteiger partial charge on any atom is 0.339 e. The summed E-state index contributed by atoms with van der Waals surface area (Å²) in [5.74, 6) is -0.774. The molecule has 0 saturated carbocycles. The quantitative estimate of drug-likeness (QED) is 0.537. The van der Waals surface area contributed by atoms with Gasteiger partial charge in [0.25, 0.3) is 0 Å². The van der Waals surface area contributed by atoms with Crippen molar-refractivity contribution in [2.45, 2.75) is 11.4 Å². The smallest absolute Gasteiger partial charge is 0.339 e. The Hall–Kier alpha value is -2.39. The van der Waals surface area contributed by atoms with Gasteiger partial charge >= 0.3 is 5.97 Å². The number of ether oxygens (including phenoxy) is 1. The predicted octanol–water partition coefficient (Wildman–Crippen LogP) is 0.257. The first-order chi connectivity index (χ1) is 9.94. The summed E-state index contributed by atoms with van der Waals surface area (Å²) >= 11 is 0. The number of nitrogens with one attached hydrogen (secondary N) is 2. The van der Waals surface area contributed by atoms with Gasteiger partial charge in [-0.1, -0.05) is 0 Å². The zero-order valence-electron chi connectivity index (χ0n) is 11.2. The number of esters is 1. The van der Waals surface area contributed by atoms with E-state index in [1.807, 2.05) is 0 Å². The van der Waals surface area contributed by atoms with Gasteiger partial charge in [0.2, 0.25) is 10.0 Å². The minimum atomic E-state index is -3.89. The van der Waals surface area contributed by atoms with Crippen LogP contribution in [0.3, 0.4) is 0 Å². The van der Waals surface area contributed by atoms with Gasteiger partial charge in [-0.25, -0.2) is 17.9 Å². The molecule has 0 saturated heterocycles. The maximum absolute atomic E-state index is 12.3. The third-order valence-corrected chi connectivity index (χ3v) is 4.17. The number of nitrogens with two attached hydrogens (primary N) is 1. The largest absolute Gasteiger partial charge is 0.465 e. The van der Waals surface area contributed by atoms with Crippen LogP contribution in [0.5, 0.6) is 0 Å². The number of nitrogen functional groups attached to an aromatic ring is 1. The molecule has 2 rings (SSSR count). The number of aromatic amines is 1. The zero-order chi connectivity index (χ0) is 15.5. The second-order valence-corrected chi connectivity index (χ2v) is 5.89. The SMILES string of the molecule is COC(=O)c1cc(N)ccc1S(=O)(=O)NCc1ccn[nH]1. The fourth-order valence-electron chi connectivity index (χ4n) is 1.69. The van der Waals surface area contributed by atoms with Crippen molar-refractivity contribution in [3.63, 3.8) is 0 Å². The van der Waals surface area contributed by atoms with E-state index in [1.165, 1.54) is 31.5 Å². The fourth-order valence-corrected chi connectivity index (χ4v) is 2.87. The Labute approximate surface area is 121 Å². The van der Waals surface area contributed by atoms with E-state index in [1.54, 1.807) is 6.07 Å². The molecule has 0 amide bonds. The molecule has 0 aliphatic carbocycles. The number of carbonyl (C=O) groups excluding carboxylic acids is 1. The highest BCUT2D eigenvalue weighted by atomic mass is 32.2. The predicted molar refractivity (Wildman–Crippen MR) is 74.8 cm³/mol. The van der Waals surface area contributed by atoms with Crippen molar-refractivity contribution in [1.29, 1.82) is 0 Å². The molecule has 0 atom stereocenters. The van der Waals surface area contributed by atoms with Crippen molar-refractivity contribution in [2.75, 3.05) is 12.8 Å². The number of sulfonamides is 1. The number of anilines is 1. The van der Waals surface area contributed by atoms with Crippen LogP contribution in [0.2, 0.25) is 0 Å². The molecular weight excluding hydrogens is 296 g/mol. The van der Waals surface area contributed by atoms with Gasteiger partial charge in [-0.05, 0) is 24.3 Å². The molecule has 0 aliphatic rings. The number of rotatable bonds is 5. The lowest BCUT2D eigenvalue weighted by molar-refractivity contribution is 0.0596. The average Bonchev–Trinajstić information content (AvgIpc) is 2.97. The Morgan fingerprint density at radius 3 is 2.81 bits per heavy atom. The van der Waals surface area contributed by atoms with Crippen molar-refractivity contribution in [2.24, 2.45) is 0 Å². The summed E-state index contributed by atoms with van der Waals surface area (Å²) in [5, 5.41) is 6.35. The summed E-state index contributed by atoms with van der Waals surface area (Å²) in [6, 6.07) is 5.55. The van der Waals surface area contributed by atoms with Crippen LogP contribution in [0.4, 0.5) is 5.69 Å². The Kier molecular flexibility index (Phi) is 4.24. The standard InChI is InChI=1S/C12H14N4O4S/c1-20-12(17)10-6-8(13)2-3-11(10)21(18,19)15-7-9-4-5-14-16-9/h2-6,15H,7,13H2,1H3,(H,14,16). The highest BCUT2D eigenvalue weighted by Crippen LogP contribution is 2.20. The first-order valence-electron chi connectivity index (χ1n) is 5.90. The molecule has 2 aromatic rings. The van der Waals surface area contributed by atoms with Gasteiger partial charge in [0.15, 0.2) is 0 Å². The molecule has 0 unspecified atom stereocenters. The highest BCUT2D eigenvalue weighted by molar-refractivity contribution is 7.89. The molecule has 0 radical (unpaired) electrons. The molecule has 112 valence electrons. The molecular formula is C12H14N4O4S. The van der Waals surface area contributed by atoms with E-state index in [0.717, 1.165) is 0 Å². The van der Waals surface area contributed by atoms with Crippen LogP contribution in [0.1, 0.15) is 16.1 Å². The second-order valence-electron chi connectivity index (χ2n) is 4.15. The number of aromatic nitrogens is 2. The number of carbonyl (C=O) groups is 1. The molecule has 0 aliphatic heterocycles. The van der Waals surface area contributed by atoms with Gasteiger partial charge in [-0.3, -0.25) is 5.10 Å². The van der Waals surface area contributed by atoms with Gasteiger partial charge < -0.3 is 10.5 Å². The van der Waals surface area contributed by atoms with Crippen LogP contribution < -0.4 is 10.5 Å². The van der Waals surface area contributed by atoms with Crippen molar-refractivity contribution in [3.8, 4) is 0 Å². The lowest BCUT2D eigenvalue weighted by atomic mass is 10.2. The molecule has 1 aromatic carbocycles. The van der Waals surface area contributed by atoms with E-state index in [2.05, 4.69) is 19.7 Å². The van der Waals surface area contributed by atoms with Crippen LogP contribution in [0, 0.1) is 0 Å². The Bertz CT molecular complexity index is 741. The third-order valence-electron chi connectivity index (χ3n) is 2.71. The van der Waals surface area contributed by atoms with E-state index in [9.17, 15) is 13.2 Å². The first-order valence-corrected chi connectivity index (χ1v) is 7.38. The fraction of sp³-hybridized carbons (Fsp3) is 0.167. The number of hydrogen-bond acceptors (Lipinski definition) is 6. The van der Waals surface area contributed by atoms with E-state index >= 15 is 0 Å². The van der Waals surface area contributed by atoms with Gasteiger partial charge in [-0.15, -0.1) is 0 Å². The Balaban J connectivity index is 2.33. The number of hydrogen-bond donors (Lipinski definition) is 3. The number of H-pyrrole nitrogens is 1. The summed E-state index contributed by atoms with van der Waals surface area (Å²) in [5.41, 5.74) is 6.32. The van der Waals surface area contributed by atoms with Crippen LogP contribution in [0.15, 0.2) is 35.4 Å². The van der Waals surface area contributed by atoms with Crippen LogP contribution >= 0.6 is 0 Å². The Morgan fingerprint density at radius 1 is 1.43 bits per heavy atom. The molecule has 21 heavy (non-hydrogen) atoms. The maximum atomic E-state index is 12.3. The lowest BCUT2D eigenvalue weighted by Crippen LogP contribution is -2.25. The summed E-state index contributed by atoms with van der Waals surface area (Å²) in [6.45, 7) is 0.0212. The summed E-state index contributed by atoms with van der Waals surface area (Å²) in [7, 11) is -2.73. The summed E-state index contributed by atoms with van der Waals surface area (Å²) in [4.78, 5) is 11.5. The molecule has 0 fully saturated rings. The van der Waals surface area contributed by atoms with Crippen LogP contribution in [-0.2, 0) is 21.3 Å². The zero-order valence-corrected chi connectivity index (χ0v) is 12.0. The van der Waals surface area contributed by atoms with Gasteiger partial charge in [0.05, 0.1) is 29.8 Å². The molecule has 1 heterocycles. The number of nitrogens with zero attached hydrogens (tertiary/aromatic N) is 1. The second kappa shape index (κ2) is 5.94. The van der Waals surface area contributed by atoms with Gasteiger partial charge in [-0.2, -0.15) is 5.10 Å². The molecule has 8 nitrogen and oxygen atoms in total. The normalized spacial score (nSPS) is 11.3. The van der Waals surface area contributed by atoms with Crippen molar-refractivity contribution in [1.82, 2.24) is 14.9 Å². The first kappa shape index (κ1) is 15.0. The van der Waals surface area contributed by atoms with E-state index in [0.29, 0.717) is 5.69 Å². The third kappa shape index (κ3) is 3.38. The van der Waals surface area contributed by atoms with Crippen LogP contribution in [0.25, 0.3) is 0 Å². The Morgan fingerprint density at radius 2 is 2.19 bits per heavy atom. The van der Waals surface area contributed by atoms with E-state index < -0.39 is 16.0 Å². The summed E-state index contributed by atoms with van der Waals surface area (Å²) in [6.07, 6.45) is 1.51. The molecule has 0 spiro atoms. The minimum absolute atomic E-state index is 0.0212. The molecule has 1 aromatic heterocycles. The minimum Gasteiger partial charge on any atom is -0.465 e. The van der Waals surface area contributed by atoms with Crippen molar-refractivity contribution in [3.05, 3.63) is 41.7 Å². The van der Waals surface area contributed by atoms with E-state index in [4.69, 9.17) is 5.73 Å². The summed E-state index contributed by atoms with van der Waals surface area (Å²) < 4.78 is 31.5. The number of benzene rings is 1. The van der Waals surface area contributed by atoms with Gasteiger partial charge in [0.1, 0.15) is 0 Å². The average molecular weight is 310 g/mol. The number of methoxy groups -OCH3 is 1. The molecule has 0 bridgehead atoms. The van der Waals surface area contributed by atoms with Crippen LogP contribution in [-0.4, -0.2) is 31.7 Å². The molecule has 4 N–H and O–H groups in total. The van der Waals surface area contributed by atoms with E-state index in [-0.39, 0.29) is 22.7 Å². The topological polar surface area (TPSA) is 127 Å². The monoisotopic (exact) mass is 310 g/mol. The van der Waals surface area contributed by atoms with Crippen molar-refractivity contribution < 1.29 is 17.9 Å².